The van der Waals surface area contributed by atoms with E-state index < -0.39 is 61.3 Å². The van der Waals surface area contributed by atoms with Gasteiger partial charge in [0.2, 0.25) is 5.91 Å². The molecular formula is C63H67NO11. The van der Waals surface area contributed by atoms with Gasteiger partial charge in [-0.3, -0.25) is 4.79 Å². The van der Waals surface area contributed by atoms with Crippen LogP contribution in [0.3, 0.4) is 0 Å². The lowest BCUT2D eigenvalue weighted by Crippen LogP contribution is -2.69. The molecule has 2 aliphatic heterocycles. The largest absolute Gasteiger partial charge is 0.374 e. The lowest BCUT2D eigenvalue weighted by molar-refractivity contribution is -0.369. The van der Waals surface area contributed by atoms with Crippen LogP contribution in [0.1, 0.15) is 45.9 Å². The third kappa shape index (κ3) is 16.1. The topological polar surface area (TPSA) is 121 Å². The molecule has 2 heterocycles. The Balaban J connectivity index is 1.11. The van der Waals surface area contributed by atoms with Crippen molar-refractivity contribution in [3.8, 4) is 0 Å². The zero-order chi connectivity index (χ0) is 51.3. The van der Waals surface area contributed by atoms with E-state index in [4.69, 9.17) is 47.4 Å². The number of hydrogen-bond acceptors (Lipinski definition) is 11. The van der Waals surface area contributed by atoms with Crippen molar-refractivity contribution < 1.29 is 52.2 Å². The van der Waals surface area contributed by atoms with Crippen molar-refractivity contribution in [3.63, 3.8) is 0 Å². The predicted octanol–water partition coefficient (Wildman–Crippen LogP) is 10.3. The number of rotatable bonds is 26. The van der Waals surface area contributed by atoms with Crippen LogP contribution in [-0.2, 0) is 98.4 Å². The Kier molecular flexibility index (Phi) is 20.3. The SMILES string of the molecule is CC(=O)N[C@H]1[C@@H](O[C@H]2[C@H](OCc3ccccc3)O[C@H](COCc3ccccc3)[C@@H](OCc3ccccc3)[C@@H]2OCc2ccccc2)O[C@H](COCc2ccccc2)[C@@H](OCc2ccccc2)[C@@H]1OCc1ccccc1. The molecule has 1 N–H and O–H groups in total. The van der Waals surface area contributed by atoms with Crippen LogP contribution in [-0.4, -0.2) is 80.5 Å². The zero-order valence-electron chi connectivity index (χ0n) is 42.3. The normalized spacial score (nSPS) is 23.6. The molecule has 12 nitrogen and oxygen atoms in total. The van der Waals surface area contributed by atoms with E-state index in [1.165, 1.54) is 6.92 Å². The van der Waals surface area contributed by atoms with Crippen molar-refractivity contribution in [1.82, 2.24) is 5.32 Å². The van der Waals surface area contributed by atoms with Crippen LogP contribution in [0.4, 0.5) is 0 Å². The van der Waals surface area contributed by atoms with Gasteiger partial charge in [-0.25, -0.2) is 0 Å². The Morgan fingerprint density at radius 2 is 0.653 bits per heavy atom. The summed E-state index contributed by atoms with van der Waals surface area (Å²) in [6.45, 7) is 3.43. The monoisotopic (exact) mass is 1010 g/mol. The molecule has 0 bridgehead atoms. The van der Waals surface area contributed by atoms with Crippen LogP contribution in [0.5, 0.6) is 0 Å². The van der Waals surface area contributed by atoms with Gasteiger partial charge in [-0.2, -0.15) is 0 Å². The highest BCUT2D eigenvalue weighted by atomic mass is 16.8. The summed E-state index contributed by atoms with van der Waals surface area (Å²) in [5.41, 5.74) is 6.73. The maximum Gasteiger partial charge on any atom is 0.217 e. The molecule has 9 rings (SSSR count). The van der Waals surface area contributed by atoms with Gasteiger partial charge in [0.15, 0.2) is 12.6 Å². The van der Waals surface area contributed by atoms with Crippen molar-refractivity contribution >= 4 is 5.91 Å². The summed E-state index contributed by atoms with van der Waals surface area (Å²) >= 11 is 0. The third-order valence-corrected chi connectivity index (χ3v) is 13.1. The number of carbonyl (C=O) groups is 1. The van der Waals surface area contributed by atoms with Crippen LogP contribution < -0.4 is 5.32 Å². The Labute approximate surface area is 440 Å². The van der Waals surface area contributed by atoms with E-state index in [1.54, 1.807) is 0 Å². The summed E-state index contributed by atoms with van der Waals surface area (Å²) in [4.78, 5) is 13.6. The molecule has 10 atom stereocenters. The first-order valence-corrected chi connectivity index (χ1v) is 25.8. The Hall–Kier alpha value is -6.39. The summed E-state index contributed by atoms with van der Waals surface area (Å²) in [6.07, 6.45) is -7.99. The first-order valence-electron chi connectivity index (χ1n) is 25.8. The van der Waals surface area contributed by atoms with Crippen molar-refractivity contribution in [1.29, 1.82) is 0 Å². The fraction of sp³-hybridized carbons (Fsp3) is 0.317. The standard InChI is InChI=1S/C63H67NO11/c1-46(65)64-56-59(70-41-51-31-17-6-18-32-51)57(68-39-49-27-13-4-14-28-49)54(44-66-37-47-23-9-2-10-24-47)73-62(56)75-61-60(71-42-52-33-19-7-20-34-52)58(69-40-50-29-15-5-16-30-50)55(45-67-38-48-25-11-3-12-26-48)74-63(61)72-43-53-35-21-8-22-36-53/h2-36,54-63H,37-45H2,1H3,(H,64,65)/t54-,55-,56-,57-,58-,59-,60+,61-,62-,63-/m1/s1. The van der Waals surface area contributed by atoms with Gasteiger partial charge >= 0.3 is 0 Å². The van der Waals surface area contributed by atoms with E-state index in [-0.39, 0.29) is 52.2 Å². The summed E-state index contributed by atoms with van der Waals surface area (Å²) in [5, 5.41) is 3.19. The lowest BCUT2D eigenvalue weighted by Gasteiger charge is -2.50. The first kappa shape index (κ1) is 53.4. The number of benzene rings is 7. The van der Waals surface area contributed by atoms with E-state index in [9.17, 15) is 4.79 Å². The van der Waals surface area contributed by atoms with Gasteiger partial charge in [-0.1, -0.05) is 212 Å². The lowest BCUT2D eigenvalue weighted by atomic mass is 9.94. The molecule has 1 amide bonds. The van der Waals surface area contributed by atoms with Crippen LogP contribution in [0.2, 0.25) is 0 Å². The van der Waals surface area contributed by atoms with E-state index in [1.807, 2.05) is 212 Å². The Morgan fingerprint density at radius 3 is 1.01 bits per heavy atom. The van der Waals surface area contributed by atoms with Crippen LogP contribution >= 0.6 is 0 Å². The minimum Gasteiger partial charge on any atom is -0.374 e. The van der Waals surface area contributed by atoms with Crippen molar-refractivity contribution in [2.24, 2.45) is 0 Å². The second-order valence-corrected chi connectivity index (χ2v) is 18.8. The van der Waals surface area contributed by atoms with E-state index in [2.05, 4.69) is 5.32 Å². The molecule has 0 radical (unpaired) electrons. The van der Waals surface area contributed by atoms with E-state index in [0.29, 0.717) is 13.2 Å². The molecule has 2 fully saturated rings. The molecule has 0 unspecified atom stereocenters. The molecule has 0 aliphatic carbocycles. The number of amides is 1. The molecular weight excluding hydrogens is 947 g/mol. The smallest absolute Gasteiger partial charge is 0.217 e. The maximum absolute atomic E-state index is 13.6. The quantitative estimate of drug-likeness (QED) is 0.0558. The Bertz CT molecular complexity index is 2680. The highest BCUT2D eigenvalue weighted by Gasteiger charge is 2.54. The highest BCUT2D eigenvalue weighted by molar-refractivity contribution is 5.73. The minimum absolute atomic E-state index is 0.0961. The number of hydrogen-bond donors (Lipinski definition) is 1. The van der Waals surface area contributed by atoms with E-state index >= 15 is 0 Å². The summed E-state index contributed by atoms with van der Waals surface area (Å²) in [5.74, 6) is -0.320. The van der Waals surface area contributed by atoms with Gasteiger partial charge in [0.25, 0.3) is 0 Å². The second kappa shape index (κ2) is 28.5. The van der Waals surface area contributed by atoms with Crippen molar-refractivity contribution in [3.05, 3.63) is 251 Å². The molecule has 7 aromatic carbocycles. The van der Waals surface area contributed by atoms with Crippen LogP contribution in [0.15, 0.2) is 212 Å². The molecule has 0 aromatic heterocycles. The molecule has 390 valence electrons. The zero-order valence-corrected chi connectivity index (χ0v) is 42.3. The van der Waals surface area contributed by atoms with Gasteiger partial charge in [-0.05, 0) is 38.9 Å². The average molecular weight is 1010 g/mol. The first-order chi connectivity index (χ1) is 37.0. The van der Waals surface area contributed by atoms with Crippen LogP contribution in [0, 0.1) is 0 Å². The van der Waals surface area contributed by atoms with Gasteiger partial charge in [0.1, 0.15) is 48.8 Å². The highest BCUT2D eigenvalue weighted by Crippen LogP contribution is 2.36. The van der Waals surface area contributed by atoms with Gasteiger partial charge in [0, 0.05) is 6.92 Å². The average Bonchev–Trinajstić information content (AvgIpc) is 3.45. The second-order valence-electron chi connectivity index (χ2n) is 18.8. The molecule has 2 saturated heterocycles. The predicted molar refractivity (Wildman–Crippen MR) is 283 cm³/mol. The fourth-order valence-electron chi connectivity index (χ4n) is 9.33. The van der Waals surface area contributed by atoms with Gasteiger partial charge in [0.05, 0.1) is 59.5 Å². The molecule has 75 heavy (non-hydrogen) atoms. The number of ether oxygens (including phenoxy) is 10. The summed E-state index contributed by atoms with van der Waals surface area (Å²) < 4.78 is 69.4. The number of nitrogens with one attached hydrogen (secondary N) is 1. The minimum atomic E-state index is -1.20. The molecule has 2 aliphatic rings. The number of carbonyl (C=O) groups excluding carboxylic acids is 1. The molecule has 0 spiro atoms. The van der Waals surface area contributed by atoms with Crippen LogP contribution in [0.25, 0.3) is 0 Å². The third-order valence-electron chi connectivity index (χ3n) is 13.1. The maximum atomic E-state index is 13.6. The van der Waals surface area contributed by atoms with Crippen molar-refractivity contribution in [2.45, 2.75) is 115 Å². The molecule has 0 saturated carbocycles. The molecule has 7 aromatic rings. The van der Waals surface area contributed by atoms with E-state index in [0.717, 1.165) is 38.9 Å². The fourth-order valence-corrected chi connectivity index (χ4v) is 9.33. The summed E-state index contributed by atoms with van der Waals surface area (Å²) in [7, 11) is 0. The van der Waals surface area contributed by atoms with Crippen molar-refractivity contribution in [2.75, 3.05) is 13.2 Å². The Morgan fingerprint density at radius 1 is 0.360 bits per heavy atom. The summed E-state index contributed by atoms with van der Waals surface area (Å²) in [6, 6.07) is 68.7. The van der Waals surface area contributed by atoms with Gasteiger partial charge < -0.3 is 52.7 Å². The molecule has 12 heteroatoms. The van der Waals surface area contributed by atoms with Gasteiger partial charge in [-0.15, -0.1) is 0 Å².